The fourth-order valence-corrected chi connectivity index (χ4v) is 3.35. The Morgan fingerprint density at radius 2 is 2.39 bits per heavy atom. The van der Waals surface area contributed by atoms with E-state index in [1.54, 1.807) is 11.0 Å². The Balaban J connectivity index is 1.79. The summed E-state index contributed by atoms with van der Waals surface area (Å²) in [7, 11) is 0. The zero-order valence-corrected chi connectivity index (χ0v) is 11.0. The molecule has 0 saturated carbocycles. The van der Waals surface area contributed by atoms with Crippen molar-refractivity contribution >= 4 is 17.4 Å². The van der Waals surface area contributed by atoms with E-state index < -0.39 is 0 Å². The van der Waals surface area contributed by atoms with Crippen molar-refractivity contribution in [2.24, 2.45) is 0 Å². The van der Waals surface area contributed by atoms with Gasteiger partial charge < -0.3 is 5.32 Å². The number of anilines is 1. The van der Waals surface area contributed by atoms with Gasteiger partial charge in [0.25, 0.3) is 0 Å². The highest BCUT2D eigenvalue weighted by atomic mass is 32.2. The minimum atomic E-state index is 0.555. The van der Waals surface area contributed by atoms with Gasteiger partial charge in [-0.15, -0.1) is 5.10 Å². The van der Waals surface area contributed by atoms with Gasteiger partial charge in [0.15, 0.2) is 0 Å². The number of hydrogen-bond acceptors (Lipinski definition) is 5. The molecule has 2 aromatic rings. The number of benzene rings is 1. The Morgan fingerprint density at radius 3 is 3.11 bits per heavy atom. The minimum absolute atomic E-state index is 0.555. The second kappa shape index (κ2) is 4.97. The van der Waals surface area contributed by atoms with Gasteiger partial charge >= 0.3 is 0 Å². The Morgan fingerprint density at radius 1 is 1.44 bits per heavy atom. The summed E-state index contributed by atoms with van der Waals surface area (Å²) in [6, 6.07) is 8.73. The number of rotatable bonds is 3. The monoisotopic (exact) mass is 261 g/mol. The maximum absolute atomic E-state index is 3.90. The van der Waals surface area contributed by atoms with Crippen LogP contribution in [0.3, 0.4) is 0 Å². The van der Waals surface area contributed by atoms with Crippen LogP contribution in [0.25, 0.3) is 5.69 Å². The Labute approximate surface area is 110 Å². The van der Waals surface area contributed by atoms with Crippen molar-refractivity contribution < 1.29 is 0 Å². The second-order valence-electron chi connectivity index (χ2n) is 4.42. The van der Waals surface area contributed by atoms with Gasteiger partial charge in [-0.05, 0) is 40.8 Å². The smallest absolute Gasteiger partial charge is 0.143 e. The molecule has 3 rings (SSSR count). The normalized spacial score (nSPS) is 23.2. The highest BCUT2D eigenvalue weighted by molar-refractivity contribution is 8.00. The number of nitrogens with one attached hydrogen (secondary N) is 1. The lowest BCUT2D eigenvalue weighted by molar-refractivity contribution is 0.723. The molecular weight excluding hydrogens is 246 g/mol. The molecule has 1 aliphatic rings. The van der Waals surface area contributed by atoms with E-state index in [4.69, 9.17) is 0 Å². The van der Waals surface area contributed by atoms with E-state index in [9.17, 15) is 0 Å². The van der Waals surface area contributed by atoms with Gasteiger partial charge in [0.2, 0.25) is 0 Å². The first-order chi connectivity index (χ1) is 8.83. The van der Waals surface area contributed by atoms with Gasteiger partial charge in [-0.25, -0.2) is 4.68 Å². The lowest BCUT2D eigenvalue weighted by atomic mass is 10.1. The van der Waals surface area contributed by atoms with E-state index >= 15 is 0 Å². The largest absolute Gasteiger partial charge is 0.381 e. The third-order valence-electron chi connectivity index (χ3n) is 3.19. The molecule has 1 fully saturated rings. The van der Waals surface area contributed by atoms with Crippen molar-refractivity contribution in [3.8, 4) is 5.69 Å². The Hall–Kier alpha value is -1.56. The molecule has 1 aromatic heterocycles. The van der Waals surface area contributed by atoms with Gasteiger partial charge in [-0.3, -0.25) is 0 Å². The zero-order valence-electron chi connectivity index (χ0n) is 10.2. The van der Waals surface area contributed by atoms with Crippen LogP contribution in [0.2, 0.25) is 0 Å². The van der Waals surface area contributed by atoms with E-state index in [0.29, 0.717) is 11.3 Å². The number of thioether (sulfide) groups is 1. The van der Waals surface area contributed by atoms with Crippen LogP contribution in [-0.4, -0.2) is 37.3 Å². The molecule has 6 heteroatoms. The lowest BCUT2D eigenvalue weighted by Crippen LogP contribution is -2.24. The number of hydrogen-bond donors (Lipinski definition) is 1. The molecule has 18 heavy (non-hydrogen) atoms. The van der Waals surface area contributed by atoms with Crippen LogP contribution < -0.4 is 5.32 Å². The summed E-state index contributed by atoms with van der Waals surface area (Å²) in [5.41, 5.74) is 2.10. The van der Waals surface area contributed by atoms with E-state index in [2.05, 4.69) is 39.9 Å². The molecule has 1 aliphatic heterocycles. The predicted octanol–water partition coefficient (Wildman–Crippen LogP) is 1.97. The Kier molecular flexibility index (Phi) is 3.19. The van der Waals surface area contributed by atoms with Crippen molar-refractivity contribution in [3.05, 3.63) is 30.6 Å². The summed E-state index contributed by atoms with van der Waals surface area (Å²) in [5, 5.41) is 15.5. The SMILES string of the molecule is CC1SCCC1Nc1cccc(-n2cnnn2)c1. The maximum atomic E-state index is 3.90. The summed E-state index contributed by atoms with van der Waals surface area (Å²) in [5.74, 6) is 1.24. The van der Waals surface area contributed by atoms with Crippen LogP contribution in [0.5, 0.6) is 0 Å². The quantitative estimate of drug-likeness (QED) is 0.915. The second-order valence-corrected chi connectivity index (χ2v) is 5.91. The van der Waals surface area contributed by atoms with Crippen LogP contribution in [-0.2, 0) is 0 Å². The minimum Gasteiger partial charge on any atom is -0.381 e. The number of aromatic nitrogens is 4. The number of tetrazole rings is 1. The molecule has 1 N–H and O–H groups in total. The summed E-state index contributed by atoms with van der Waals surface area (Å²) in [6.07, 6.45) is 2.83. The first-order valence-electron chi connectivity index (χ1n) is 6.04. The lowest BCUT2D eigenvalue weighted by Gasteiger charge is -2.18. The van der Waals surface area contributed by atoms with Crippen molar-refractivity contribution in [1.82, 2.24) is 20.2 Å². The van der Waals surface area contributed by atoms with Gasteiger partial charge in [-0.2, -0.15) is 11.8 Å². The molecule has 0 spiro atoms. The van der Waals surface area contributed by atoms with Crippen molar-refractivity contribution in [2.45, 2.75) is 24.6 Å². The zero-order chi connectivity index (χ0) is 12.4. The van der Waals surface area contributed by atoms with Gasteiger partial charge in [-0.1, -0.05) is 13.0 Å². The molecule has 1 aromatic carbocycles. The molecule has 94 valence electrons. The maximum Gasteiger partial charge on any atom is 0.143 e. The molecule has 0 bridgehead atoms. The van der Waals surface area contributed by atoms with Crippen LogP contribution in [0.4, 0.5) is 5.69 Å². The highest BCUT2D eigenvalue weighted by Gasteiger charge is 2.23. The molecule has 2 atom stereocenters. The Bertz CT molecular complexity index is 513. The summed E-state index contributed by atoms with van der Waals surface area (Å²) in [6.45, 7) is 2.28. The van der Waals surface area contributed by atoms with Crippen molar-refractivity contribution in [2.75, 3.05) is 11.1 Å². The number of nitrogens with zero attached hydrogens (tertiary/aromatic N) is 4. The highest BCUT2D eigenvalue weighted by Crippen LogP contribution is 2.29. The van der Waals surface area contributed by atoms with Crippen LogP contribution in [0.15, 0.2) is 30.6 Å². The molecular formula is C12H15N5S. The van der Waals surface area contributed by atoms with E-state index in [1.165, 1.54) is 12.2 Å². The van der Waals surface area contributed by atoms with E-state index in [1.807, 2.05) is 23.9 Å². The first-order valence-corrected chi connectivity index (χ1v) is 7.09. The average Bonchev–Trinajstić information content (AvgIpc) is 3.02. The first kappa shape index (κ1) is 11.5. The fourth-order valence-electron chi connectivity index (χ4n) is 2.15. The summed E-state index contributed by atoms with van der Waals surface area (Å²) in [4.78, 5) is 0. The van der Waals surface area contributed by atoms with Crippen LogP contribution in [0, 0.1) is 0 Å². The third-order valence-corrected chi connectivity index (χ3v) is 4.51. The van der Waals surface area contributed by atoms with Gasteiger partial charge in [0.1, 0.15) is 6.33 Å². The molecule has 2 unspecified atom stereocenters. The van der Waals surface area contributed by atoms with E-state index in [-0.39, 0.29) is 0 Å². The molecule has 5 nitrogen and oxygen atoms in total. The van der Waals surface area contributed by atoms with Gasteiger partial charge in [0, 0.05) is 17.0 Å². The van der Waals surface area contributed by atoms with Crippen molar-refractivity contribution in [1.29, 1.82) is 0 Å². The molecule has 0 radical (unpaired) electrons. The molecule has 2 heterocycles. The van der Waals surface area contributed by atoms with Crippen LogP contribution in [0.1, 0.15) is 13.3 Å². The fraction of sp³-hybridized carbons (Fsp3) is 0.417. The molecule has 1 saturated heterocycles. The van der Waals surface area contributed by atoms with Crippen LogP contribution >= 0.6 is 11.8 Å². The summed E-state index contributed by atoms with van der Waals surface area (Å²) >= 11 is 2.03. The van der Waals surface area contributed by atoms with Crippen molar-refractivity contribution in [3.63, 3.8) is 0 Å². The molecule has 0 aliphatic carbocycles. The van der Waals surface area contributed by atoms with Gasteiger partial charge in [0.05, 0.1) is 5.69 Å². The molecule has 0 amide bonds. The third kappa shape index (κ3) is 2.33. The standard InChI is InChI=1S/C12H15N5S/c1-9-12(5-6-18-9)14-10-3-2-4-11(7-10)17-8-13-15-16-17/h2-4,7-9,12,14H,5-6H2,1H3. The average molecular weight is 261 g/mol. The topological polar surface area (TPSA) is 55.6 Å². The summed E-state index contributed by atoms with van der Waals surface area (Å²) < 4.78 is 1.66. The predicted molar refractivity (Wildman–Crippen MR) is 73.1 cm³/mol. The van der Waals surface area contributed by atoms with E-state index in [0.717, 1.165) is 11.4 Å².